The van der Waals surface area contributed by atoms with Gasteiger partial charge in [0, 0.05) is 25.8 Å². The molecule has 5 heteroatoms. The first kappa shape index (κ1) is 11.6. The zero-order valence-electron chi connectivity index (χ0n) is 8.82. The van der Waals surface area contributed by atoms with Crippen LogP contribution in [-0.4, -0.2) is 30.8 Å². The number of furan rings is 1. The number of ether oxygens (including phenoxy) is 1. The van der Waals surface area contributed by atoms with Gasteiger partial charge in [0.2, 0.25) is 5.76 Å². The van der Waals surface area contributed by atoms with Crippen LogP contribution in [0.2, 0.25) is 0 Å². The van der Waals surface area contributed by atoms with Crippen LogP contribution < -0.4 is 5.32 Å². The molecule has 0 aromatic carbocycles. The first-order chi connectivity index (χ1) is 7.13. The van der Waals surface area contributed by atoms with E-state index in [0.29, 0.717) is 12.5 Å². The second kappa shape index (κ2) is 5.41. The fourth-order valence-electron chi connectivity index (χ4n) is 1.14. The number of methoxy groups -OCH3 is 1. The normalized spacial score (nSPS) is 12.4. The van der Waals surface area contributed by atoms with Gasteiger partial charge in [-0.1, -0.05) is 0 Å². The highest BCUT2D eigenvalue weighted by atomic mass is 16.5. The Hall–Kier alpha value is -1.49. The van der Waals surface area contributed by atoms with E-state index >= 15 is 0 Å². The number of hydrogen-bond acceptors (Lipinski definition) is 4. The summed E-state index contributed by atoms with van der Waals surface area (Å²) in [7, 11) is 1.64. The molecule has 84 valence electrons. The maximum atomic E-state index is 10.5. The third kappa shape index (κ3) is 3.63. The molecule has 5 nitrogen and oxygen atoms in total. The number of nitrogens with one attached hydrogen (secondary N) is 1. The van der Waals surface area contributed by atoms with E-state index in [1.54, 1.807) is 13.2 Å². The van der Waals surface area contributed by atoms with Crippen molar-refractivity contribution in [1.29, 1.82) is 0 Å². The van der Waals surface area contributed by atoms with Crippen LogP contribution >= 0.6 is 0 Å². The van der Waals surface area contributed by atoms with Gasteiger partial charge in [0.25, 0.3) is 0 Å². The van der Waals surface area contributed by atoms with Gasteiger partial charge in [0.1, 0.15) is 0 Å². The van der Waals surface area contributed by atoms with Gasteiger partial charge in [-0.3, -0.25) is 0 Å². The van der Waals surface area contributed by atoms with Crippen molar-refractivity contribution in [2.45, 2.75) is 19.4 Å². The average molecular weight is 213 g/mol. The summed E-state index contributed by atoms with van der Waals surface area (Å²) in [5, 5.41) is 11.7. The minimum atomic E-state index is -1.06. The molecule has 0 aliphatic heterocycles. The number of anilines is 1. The Labute approximate surface area is 88.0 Å². The van der Waals surface area contributed by atoms with Gasteiger partial charge < -0.3 is 19.6 Å². The molecule has 0 bridgehead atoms. The van der Waals surface area contributed by atoms with Gasteiger partial charge in [-0.05, 0) is 19.4 Å². The monoisotopic (exact) mass is 213 g/mol. The number of aromatic carboxylic acids is 1. The standard InChI is InChI=1S/C10H15NO4/c1-7(5-6-14-2)11-9-4-3-8(15-9)10(12)13/h3-4,7,11H,5-6H2,1-2H3,(H,12,13). The Morgan fingerprint density at radius 3 is 2.93 bits per heavy atom. The number of carboxylic acids is 1. The molecule has 0 aliphatic rings. The van der Waals surface area contributed by atoms with Crippen molar-refractivity contribution in [3.05, 3.63) is 17.9 Å². The van der Waals surface area contributed by atoms with Gasteiger partial charge in [-0.2, -0.15) is 0 Å². The molecule has 0 saturated heterocycles. The van der Waals surface area contributed by atoms with Crippen LogP contribution in [0.3, 0.4) is 0 Å². The van der Waals surface area contributed by atoms with E-state index in [0.717, 1.165) is 6.42 Å². The Morgan fingerprint density at radius 1 is 1.67 bits per heavy atom. The van der Waals surface area contributed by atoms with Crippen molar-refractivity contribution >= 4 is 11.9 Å². The topological polar surface area (TPSA) is 71.7 Å². The fourth-order valence-corrected chi connectivity index (χ4v) is 1.14. The van der Waals surface area contributed by atoms with Crippen molar-refractivity contribution in [2.75, 3.05) is 19.0 Å². The molecule has 0 aliphatic carbocycles. The van der Waals surface area contributed by atoms with Gasteiger partial charge in [0.15, 0.2) is 5.88 Å². The molecular formula is C10H15NO4. The van der Waals surface area contributed by atoms with E-state index < -0.39 is 5.97 Å². The van der Waals surface area contributed by atoms with Crippen LogP contribution in [-0.2, 0) is 4.74 Å². The lowest BCUT2D eigenvalue weighted by molar-refractivity contribution is 0.0663. The van der Waals surface area contributed by atoms with Crippen molar-refractivity contribution in [1.82, 2.24) is 0 Å². The summed E-state index contributed by atoms with van der Waals surface area (Å²) in [5.41, 5.74) is 0. The molecule has 1 rings (SSSR count). The fraction of sp³-hybridized carbons (Fsp3) is 0.500. The third-order valence-electron chi connectivity index (χ3n) is 1.96. The highest BCUT2D eigenvalue weighted by Crippen LogP contribution is 2.14. The van der Waals surface area contributed by atoms with Crippen molar-refractivity contribution in [2.24, 2.45) is 0 Å². The van der Waals surface area contributed by atoms with Crippen LogP contribution in [0.1, 0.15) is 23.9 Å². The molecule has 0 spiro atoms. The van der Waals surface area contributed by atoms with Gasteiger partial charge >= 0.3 is 5.97 Å². The van der Waals surface area contributed by atoms with E-state index in [4.69, 9.17) is 14.3 Å². The smallest absolute Gasteiger partial charge is 0.371 e. The summed E-state index contributed by atoms with van der Waals surface area (Å²) in [6.07, 6.45) is 0.833. The summed E-state index contributed by atoms with van der Waals surface area (Å²) >= 11 is 0. The van der Waals surface area contributed by atoms with Crippen molar-refractivity contribution in [3.8, 4) is 0 Å². The van der Waals surface area contributed by atoms with E-state index in [1.165, 1.54) is 6.07 Å². The van der Waals surface area contributed by atoms with Crippen molar-refractivity contribution < 1.29 is 19.1 Å². The molecule has 1 heterocycles. The van der Waals surface area contributed by atoms with Crippen LogP contribution in [0.15, 0.2) is 16.5 Å². The summed E-state index contributed by atoms with van der Waals surface area (Å²) in [5.74, 6) is -0.653. The van der Waals surface area contributed by atoms with Gasteiger partial charge in [-0.15, -0.1) is 0 Å². The van der Waals surface area contributed by atoms with Crippen molar-refractivity contribution in [3.63, 3.8) is 0 Å². The molecular weight excluding hydrogens is 198 g/mol. The maximum Gasteiger partial charge on any atom is 0.371 e. The number of carboxylic acid groups (broad SMARTS) is 1. The molecule has 15 heavy (non-hydrogen) atoms. The number of hydrogen-bond donors (Lipinski definition) is 2. The van der Waals surface area contributed by atoms with Crippen LogP contribution in [0.4, 0.5) is 5.88 Å². The summed E-state index contributed by atoms with van der Waals surface area (Å²) in [4.78, 5) is 10.5. The average Bonchev–Trinajstić information content (AvgIpc) is 2.63. The molecule has 0 saturated carbocycles. The minimum Gasteiger partial charge on any atom is -0.475 e. The van der Waals surface area contributed by atoms with E-state index in [9.17, 15) is 4.79 Å². The lowest BCUT2D eigenvalue weighted by Gasteiger charge is -2.11. The Balaban J connectivity index is 2.46. The number of carbonyl (C=O) groups is 1. The molecule has 1 atom stereocenters. The largest absolute Gasteiger partial charge is 0.475 e. The molecule has 1 aromatic heterocycles. The Morgan fingerprint density at radius 2 is 2.40 bits per heavy atom. The molecule has 1 unspecified atom stereocenters. The zero-order valence-corrected chi connectivity index (χ0v) is 8.82. The van der Waals surface area contributed by atoms with E-state index in [2.05, 4.69) is 5.32 Å². The van der Waals surface area contributed by atoms with E-state index in [1.807, 2.05) is 6.92 Å². The molecule has 2 N–H and O–H groups in total. The van der Waals surface area contributed by atoms with Crippen LogP contribution in [0, 0.1) is 0 Å². The highest BCUT2D eigenvalue weighted by molar-refractivity contribution is 5.84. The van der Waals surface area contributed by atoms with E-state index in [-0.39, 0.29) is 11.8 Å². The summed E-state index contributed by atoms with van der Waals surface area (Å²) in [6, 6.07) is 3.21. The molecule has 1 aromatic rings. The Kier molecular flexibility index (Phi) is 4.17. The lowest BCUT2D eigenvalue weighted by atomic mass is 10.2. The predicted molar refractivity (Wildman–Crippen MR) is 55.2 cm³/mol. The highest BCUT2D eigenvalue weighted by Gasteiger charge is 2.10. The zero-order chi connectivity index (χ0) is 11.3. The molecule has 0 amide bonds. The molecule has 0 fully saturated rings. The second-order valence-corrected chi connectivity index (χ2v) is 3.30. The predicted octanol–water partition coefficient (Wildman–Crippen LogP) is 1.81. The molecule has 0 radical (unpaired) electrons. The second-order valence-electron chi connectivity index (χ2n) is 3.30. The van der Waals surface area contributed by atoms with Gasteiger partial charge in [-0.25, -0.2) is 4.79 Å². The lowest BCUT2D eigenvalue weighted by Crippen LogP contribution is -2.16. The van der Waals surface area contributed by atoms with Crippen LogP contribution in [0.25, 0.3) is 0 Å². The van der Waals surface area contributed by atoms with Crippen LogP contribution in [0.5, 0.6) is 0 Å². The SMILES string of the molecule is COCCC(C)Nc1ccc(C(=O)O)o1. The quantitative estimate of drug-likeness (QED) is 0.754. The Bertz CT molecular complexity index is 321. The summed E-state index contributed by atoms with van der Waals surface area (Å²) < 4.78 is 9.97. The number of rotatable bonds is 6. The first-order valence-electron chi connectivity index (χ1n) is 4.72. The first-order valence-corrected chi connectivity index (χ1v) is 4.72. The third-order valence-corrected chi connectivity index (χ3v) is 1.96. The maximum absolute atomic E-state index is 10.5. The minimum absolute atomic E-state index is 0.0589. The van der Waals surface area contributed by atoms with Gasteiger partial charge in [0.05, 0.1) is 0 Å². The summed E-state index contributed by atoms with van der Waals surface area (Å²) in [6.45, 7) is 2.63.